The van der Waals surface area contributed by atoms with Crippen LogP contribution in [0.15, 0.2) is 109 Å². The molecule has 1 unspecified atom stereocenters. The van der Waals surface area contributed by atoms with Gasteiger partial charge in [-0.1, -0.05) is 117 Å². The number of fused-ring (bicyclic) bond motifs is 1. The summed E-state index contributed by atoms with van der Waals surface area (Å²) in [4.78, 5) is 2.52. The van der Waals surface area contributed by atoms with Gasteiger partial charge < -0.3 is 0 Å². The van der Waals surface area contributed by atoms with Crippen molar-refractivity contribution in [3.63, 3.8) is 0 Å². The molecule has 0 saturated carbocycles. The van der Waals surface area contributed by atoms with Crippen molar-refractivity contribution in [2.45, 2.75) is 72.8 Å². The maximum atomic E-state index is 13.7. The number of aryl methyl sites for hydroxylation is 3. The molecule has 0 spiro atoms. The zero-order valence-electron chi connectivity index (χ0n) is 28.8. The van der Waals surface area contributed by atoms with Crippen LogP contribution in [0.1, 0.15) is 74.6 Å². The molecule has 1 aliphatic heterocycles. The molecule has 0 radical (unpaired) electrons. The Morgan fingerprint density at radius 1 is 0.891 bits per heavy atom. The topological polar surface area (TPSA) is 21.1 Å². The molecule has 1 saturated heterocycles. The molecule has 3 nitrogen and oxygen atoms in total. The first-order valence-electron chi connectivity index (χ1n) is 16.8. The van der Waals surface area contributed by atoms with Gasteiger partial charge in [0.1, 0.15) is 11.5 Å². The summed E-state index contributed by atoms with van der Waals surface area (Å²) >= 11 is 0. The van der Waals surface area contributed by atoms with Crippen LogP contribution in [-0.2, 0) is 13.6 Å². The van der Waals surface area contributed by atoms with Crippen LogP contribution in [0.2, 0.25) is 0 Å². The molecule has 2 heterocycles. The van der Waals surface area contributed by atoms with Crippen LogP contribution >= 0.6 is 0 Å². The number of allylic oxidation sites excluding steroid dienone is 1. The zero-order chi connectivity index (χ0) is 33.1. The molecular formula is C42H52FN3. The Labute approximate surface area is 276 Å². The average molecular weight is 618 g/mol. The molecule has 0 amide bonds. The second-order valence-corrected chi connectivity index (χ2v) is 12.9. The van der Waals surface area contributed by atoms with Gasteiger partial charge in [0, 0.05) is 24.5 Å². The molecule has 4 aromatic carbocycles. The fourth-order valence-corrected chi connectivity index (χ4v) is 6.26. The lowest BCUT2D eigenvalue weighted by Crippen LogP contribution is -2.33. The highest BCUT2D eigenvalue weighted by Gasteiger charge is 2.21. The fourth-order valence-electron chi connectivity index (χ4n) is 6.26. The van der Waals surface area contributed by atoms with E-state index in [0.29, 0.717) is 5.92 Å². The highest BCUT2D eigenvalue weighted by molar-refractivity contribution is 5.95. The highest BCUT2D eigenvalue weighted by Crippen LogP contribution is 2.31. The van der Waals surface area contributed by atoms with Gasteiger partial charge in [0.05, 0.1) is 5.52 Å². The van der Waals surface area contributed by atoms with E-state index in [2.05, 4.69) is 119 Å². The first kappa shape index (κ1) is 34.8. The third-order valence-corrected chi connectivity index (χ3v) is 9.24. The van der Waals surface area contributed by atoms with E-state index in [9.17, 15) is 4.39 Å². The van der Waals surface area contributed by atoms with Gasteiger partial charge in [0.15, 0.2) is 0 Å². The number of nitrogens with zero attached hydrogens (tertiary/aromatic N) is 3. The Morgan fingerprint density at radius 3 is 2.11 bits per heavy atom. The van der Waals surface area contributed by atoms with E-state index in [1.807, 2.05) is 17.8 Å². The van der Waals surface area contributed by atoms with E-state index in [-0.39, 0.29) is 5.82 Å². The monoisotopic (exact) mass is 617 g/mol. The minimum atomic E-state index is -0.233. The van der Waals surface area contributed by atoms with Crippen molar-refractivity contribution in [1.29, 1.82) is 0 Å². The quantitative estimate of drug-likeness (QED) is 0.169. The van der Waals surface area contributed by atoms with Gasteiger partial charge in [-0.3, -0.25) is 9.58 Å². The van der Waals surface area contributed by atoms with Crippen LogP contribution in [0, 0.1) is 25.6 Å². The molecule has 1 atom stereocenters. The summed E-state index contributed by atoms with van der Waals surface area (Å²) in [6, 6.07) is 32.1. The molecule has 0 aliphatic carbocycles. The molecule has 0 N–H and O–H groups in total. The van der Waals surface area contributed by atoms with Crippen LogP contribution in [0.25, 0.3) is 22.2 Å². The molecule has 4 heteroatoms. The number of rotatable bonds is 7. The lowest BCUT2D eigenvalue weighted by Gasteiger charge is -2.32. The smallest absolute Gasteiger partial charge is 0.123 e. The third-order valence-electron chi connectivity index (χ3n) is 9.24. The average Bonchev–Trinajstić information content (AvgIpc) is 3.41. The van der Waals surface area contributed by atoms with Crippen LogP contribution < -0.4 is 0 Å². The molecule has 6 rings (SSSR count). The van der Waals surface area contributed by atoms with Gasteiger partial charge in [-0.25, -0.2) is 4.39 Å². The van der Waals surface area contributed by atoms with Gasteiger partial charge in [0.2, 0.25) is 0 Å². The second-order valence-electron chi connectivity index (χ2n) is 12.9. The van der Waals surface area contributed by atoms with Crippen LogP contribution in [0.5, 0.6) is 0 Å². The Balaban J connectivity index is 0.000000206. The molecule has 242 valence electrons. The van der Waals surface area contributed by atoms with E-state index in [0.717, 1.165) is 47.7 Å². The summed E-state index contributed by atoms with van der Waals surface area (Å²) in [5.41, 5.74) is 9.59. The Hall–Kier alpha value is -4.02. The number of halogens is 1. The highest BCUT2D eigenvalue weighted by atomic mass is 19.1. The van der Waals surface area contributed by atoms with Crippen molar-refractivity contribution in [3.05, 3.63) is 137 Å². The first-order chi connectivity index (χ1) is 22.2. The van der Waals surface area contributed by atoms with Crippen molar-refractivity contribution in [2.24, 2.45) is 13.0 Å². The summed E-state index contributed by atoms with van der Waals surface area (Å²) < 4.78 is 15.6. The van der Waals surface area contributed by atoms with Gasteiger partial charge in [-0.05, 0) is 99.3 Å². The van der Waals surface area contributed by atoms with Crippen LogP contribution in [0.4, 0.5) is 4.39 Å². The number of piperidine rings is 1. The minimum absolute atomic E-state index is 0.233. The number of aromatic nitrogens is 2. The Kier molecular flexibility index (Phi) is 12.9. The van der Waals surface area contributed by atoms with Gasteiger partial charge in [-0.2, -0.15) is 5.10 Å². The van der Waals surface area contributed by atoms with Crippen LogP contribution in [0.3, 0.4) is 0 Å². The van der Waals surface area contributed by atoms with Crippen molar-refractivity contribution in [2.75, 3.05) is 13.1 Å². The standard InChI is InChI=1S/C23H26FN3.C11H16.C8H10/c1-16(2)17-10-12-27(13-11-17)15-19-7-5-9-21-22(25-26(3)23(19)21)18-6-4-8-20(24)14-18;1-3-7-10(2)11-8-5-4-6-9-11;1-7-5-3-4-6-8(7)2/h4-9,14,17H,1,10-13,15H2,2-3H3;4-6,8-10H,3,7H2,1-2H3;3-6H,1-2H3. The first-order valence-corrected chi connectivity index (χ1v) is 16.8. The zero-order valence-corrected chi connectivity index (χ0v) is 28.8. The second kappa shape index (κ2) is 17.1. The summed E-state index contributed by atoms with van der Waals surface area (Å²) in [6.45, 7) is 18.2. The number of hydrogen-bond acceptors (Lipinski definition) is 2. The molecule has 1 fully saturated rings. The van der Waals surface area contributed by atoms with E-state index in [1.54, 1.807) is 12.1 Å². The maximum absolute atomic E-state index is 13.7. The van der Waals surface area contributed by atoms with Gasteiger partial charge in [0.25, 0.3) is 0 Å². The molecule has 1 aliphatic rings. The Morgan fingerprint density at radius 2 is 1.52 bits per heavy atom. The largest absolute Gasteiger partial charge is 0.299 e. The number of likely N-dealkylation sites (tertiary alicyclic amines) is 1. The lowest BCUT2D eigenvalue weighted by atomic mass is 9.91. The Bertz CT molecular complexity index is 1660. The summed E-state index contributed by atoms with van der Waals surface area (Å²) in [7, 11) is 1.97. The summed E-state index contributed by atoms with van der Waals surface area (Å²) in [5, 5.41) is 5.79. The third kappa shape index (κ3) is 9.50. The van der Waals surface area contributed by atoms with Gasteiger partial charge in [-0.15, -0.1) is 0 Å². The number of hydrogen-bond donors (Lipinski definition) is 0. The van der Waals surface area contributed by atoms with E-state index < -0.39 is 0 Å². The van der Waals surface area contributed by atoms with Crippen molar-refractivity contribution < 1.29 is 4.39 Å². The number of para-hydroxylation sites is 1. The lowest BCUT2D eigenvalue weighted by molar-refractivity contribution is 0.192. The molecule has 46 heavy (non-hydrogen) atoms. The maximum Gasteiger partial charge on any atom is 0.123 e. The van der Waals surface area contributed by atoms with Crippen molar-refractivity contribution in [1.82, 2.24) is 14.7 Å². The molecule has 5 aromatic rings. The molecule has 1 aromatic heterocycles. The van der Waals surface area contributed by atoms with E-state index in [4.69, 9.17) is 5.10 Å². The predicted octanol–water partition coefficient (Wildman–Crippen LogP) is 11.1. The van der Waals surface area contributed by atoms with Crippen LogP contribution in [-0.4, -0.2) is 27.8 Å². The van der Waals surface area contributed by atoms with Gasteiger partial charge >= 0.3 is 0 Å². The summed E-state index contributed by atoms with van der Waals surface area (Å²) in [5.74, 6) is 1.15. The fraction of sp³-hybridized carbons (Fsp3) is 0.357. The van der Waals surface area contributed by atoms with E-state index >= 15 is 0 Å². The SMILES string of the molecule is C=C(C)C1CCN(Cc2cccc3c(-c4cccc(F)c4)nn(C)c23)CC1.CCCC(C)c1ccccc1.Cc1ccccc1C. The molecule has 0 bridgehead atoms. The predicted molar refractivity (Wildman–Crippen MR) is 195 cm³/mol. The number of benzene rings is 4. The summed E-state index contributed by atoms with van der Waals surface area (Å²) in [6.07, 6.45) is 4.94. The molecular weight excluding hydrogens is 565 g/mol. The normalized spacial score (nSPS) is 14.2. The minimum Gasteiger partial charge on any atom is -0.299 e. The van der Waals surface area contributed by atoms with Crippen molar-refractivity contribution >= 4 is 10.9 Å². The van der Waals surface area contributed by atoms with E-state index in [1.165, 1.54) is 59.6 Å². The van der Waals surface area contributed by atoms with Crippen molar-refractivity contribution in [3.8, 4) is 11.3 Å².